The second-order valence-corrected chi connectivity index (χ2v) is 5.83. The van der Waals surface area contributed by atoms with Gasteiger partial charge in [-0.1, -0.05) is 0 Å². The molecule has 1 atom stereocenters. The molecule has 1 aliphatic rings. The SMILES string of the molecule is CCS(=O)(=O)N1CCN(C)CC1C. The summed E-state index contributed by atoms with van der Waals surface area (Å²) >= 11 is 0. The van der Waals surface area contributed by atoms with Crippen molar-refractivity contribution in [3.8, 4) is 0 Å². The first-order chi connectivity index (χ1) is 5.97. The number of piperazine rings is 1. The molecular weight excluding hydrogens is 188 g/mol. The summed E-state index contributed by atoms with van der Waals surface area (Å²) in [5.74, 6) is 0.209. The third-order valence-electron chi connectivity index (χ3n) is 2.49. The zero-order valence-electron chi connectivity index (χ0n) is 8.52. The number of hydrogen-bond donors (Lipinski definition) is 0. The van der Waals surface area contributed by atoms with Crippen molar-refractivity contribution in [2.75, 3.05) is 32.4 Å². The molecule has 13 heavy (non-hydrogen) atoms. The van der Waals surface area contributed by atoms with Crippen LogP contribution in [0.5, 0.6) is 0 Å². The van der Waals surface area contributed by atoms with Crippen LogP contribution in [0, 0.1) is 0 Å². The lowest BCUT2D eigenvalue weighted by atomic mass is 10.2. The molecule has 0 N–H and O–H groups in total. The predicted octanol–water partition coefficient (Wildman–Crippen LogP) is -0.0280. The van der Waals surface area contributed by atoms with Gasteiger partial charge in [0.15, 0.2) is 0 Å². The fraction of sp³-hybridized carbons (Fsp3) is 1.00. The molecule has 0 aromatic rings. The van der Waals surface area contributed by atoms with Gasteiger partial charge in [-0.15, -0.1) is 0 Å². The van der Waals surface area contributed by atoms with E-state index in [4.69, 9.17) is 0 Å². The smallest absolute Gasteiger partial charge is 0.214 e. The maximum absolute atomic E-state index is 11.6. The van der Waals surface area contributed by atoms with Crippen molar-refractivity contribution < 1.29 is 8.42 Å². The maximum Gasteiger partial charge on any atom is 0.214 e. The summed E-state index contributed by atoms with van der Waals surface area (Å²) in [4.78, 5) is 2.16. The number of hydrogen-bond acceptors (Lipinski definition) is 3. The van der Waals surface area contributed by atoms with Crippen molar-refractivity contribution in [2.24, 2.45) is 0 Å². The van der Waals surface area contributed by atoms with Crippen LogP contribution in [0.15, 0.2) is 0 Å². The highest BCUT2D eigenvalue weighted by molar-refractivity contribution is 7.89. The van der Waals surface area contributed by atoms with Crippen molar-refractivity contribution >= 4 is 10.0 Å². The van der Waals surface area contributed by atoms with Crippen molar-refractivity contribution in [1.82, 2.24) is 9.21 Å². The van der Waals surface area contributed by atoms with Crippen LogP contribution in [0.4, 0.5) is 0 Å². The lowest BCUT2D eigenvalue weighted by molar-refractivity contribution is 0.170. The van der Waals surface area contributed by atoms with Gasteiger partial charge in [0.1, 0.15) is 0 Å². The van der Waals surface area contributed by atoms with Crippen LogP contribution in [0.25, 0.3) is 0 Å². The van der Waals surface area contributed by atoms with Gasteiger partial charge < -0.3 is 4.90 Å². The Balaban J connectivity index is 2.72. The molecule has 1 aliphatic heterocycles. The molecule has 0 saturated carbocycles. The quantitative estimate of drug-likeness (QED) is 0.637. The third kappa shape index (κ3) is 2.42. The standard InChI is InChI=1S/C8H18N2O2S/c1-4-13(11,12)10-6-5-9(3)7-8(10)2/h8H,4-7H2,1-3H3. The van der Waals surface area contributed by atoms with E-state index in [1.807, 2.05) is 14.0 Å². The zero-order valence-corrected chi connectivity index (χ0v) is 9.34. The topological polar surface area (TPSA) is 40.6 Å². The second kappa shape index (κ2) is 3.94. The fourth-order valence-electron chi connectivity index (χ4n) is 1.70. The number of sulfonamides is 1. The fourth-order valence-corrected chi connectivity index (χ4v) is 3.01. The van der Waals surface area contributed by atoms with Gasteiger partial charge in [-0.2, -0.15) is 4.31 Å². The van der Waals surface area contributed by atoms with Crippen LogP contribution in [-0.2, 0) is 10.0 Å². The molecule has 1 saturated heterocycles. The summed E-state index contributed by atoms with van der Waals surface area (Å²) in [6.07, 6.45) is 0. The van der Waals surface area contributed by atoms with Crippen molar-refractivity contribution in [2.45, 2.75) is 19.9 Å². The van der Waals surface area contributed by atoms with Gasteiger partial charge in [0.05, 0.1) is 5.75 Å². The minimum absolute atomic E-state index is 0.115. The zero-order chi connectivity index (χ0) is 10.1. The largest absolute Gasteiger partial charge is 0.303 e. The van der Waals surface area contributed by atoms with Gasteiger partial charge >= 0.3 is 0 Å². The van der Waals surface area contributed by atoms with Crippen LogP contribution in [0.2, 0.25) is 0 Å². The molecule has 0 aliphatic carbocycles. The van der Waals surface area contributed by atoms with Gasteiger partial charge in [0.2, 0.25) is 10.0 Å². The number of rotatable bonds is 2. The van der Waals surface area contributed by atoms with Crippen LogP contribution in [-0.4, -0.2) is 56.1 Å². The molecule has 5 heteroatoms. The van der Waals surface area contributed by atoms with Gasteiger partial charge in [-0.3, -0.25) is 0 Å². The summed E-state index contributed by atoms with van der Waals surface area (Å²) in [5, 5.41) is 0. The lowest BCUT2D eigenvalue weighted by Crippen LogP contribution is -2.52. The summed E-state index contributed by atoms with van der Waals surface area (Å²) in [6, 6.07) is 0.115. The highest BCUT2D eigenvalue weighted by Crippen LogP contribution is 2.12. The third-order valence-corrected chi connectivity index (χ3v) is 4.48. The minimum atomic E-state index is -2.99. The van der Waals surface area contributed by atoms with Crippen molar-refractivity contribution in [3.05, 3.63) is 0 Å². The Morgan fingerprint density at radius 1 is 1.38 bits per heavy atom. The Morgan fingerprint density at radius 3 is 2.46 bits per heavy atom. The lowest BCUT2D eigenvalue weighted by Gasteiger charge is -2.36. The van der Waals surface area contributed by atoms with E-state index in [0.717, 1.165) is 13.1 Å². The Hall–Kier alpha value is -0.130. The van der Waals surface area contributed by atoms with E-state index in [2.05, 4.69) is 4.90 Å². The van der Waals surface area contributed by atoms with Crippen molar-refractivity contribution in [3.63, 3.8) is 0 Å². The molecule has 0 bridgehead atoms. The molecule has 0 radical (unpaired) electrons. The summed E-state index contributed by atoms with van der Waals surface area (Å²) in [5.41, 5.74) is 0. The highest BCUT2D eigenvalue weighted by Gasteiger charge is 2.29. The van der Waals surface area contributed by atoms with E-state index in [1.54, 1.807) is 11.2 Å². The van der Waals surface area contributed by atoms with E-state index < -0.39 is 10.0 Å². The van der Waals surface area contributed by atoms with Crippen LogP contribution < -0.4 is 0 Å². The molecule has 1 rings (SSSR count). The summed E-state index contributed by atoms with van der Waals surface area (Å²) < 4.78 is 24.8. The Bertz CT molecular complexity index is 263. The number of likely N-dealkylation sites (N-methyl/N-ethyl adjacent to an activating group) is 1. The van der Waals surface area contributed by atoms with Gasteiger partial charge in [0, 0.05) is 25.7 Å². The van der Waals surface area contributed by atoms with Gasteiger partial charge in [0.25, 0.3) is 0 Å². The van der Waals surface area contributed by atoms with E-state index >= 15 is 0 Å². The van der Waals surface area contributed by atoms with Gasteiger partial charge in [-0.25, -0.2) is 8.42 Å². The molecule has 4 nitrogen and oxygen atoms in total. The van der Waals surface area contributed by atoms with Crippen LogP contribution in [0.3, 0.4) is 0 Å². The normalized spacial score (nSPS) is 27.8. The monoisotopic (exact) mass is 206 g/mol. The molecule has 1 heterocycles. The first-order valence-corrected chi connectivity index (χ1v) is 6.26. The average Bonchev–Trinajstić information content (AvgIpc) is 2.03. The average molecular weight is 206 g/mol. The van der Waals surface area contributed by atoms with Gasteiger partial charge in [-0.05, 0) is 20.9 Å². The summed E-state index contributed by atoms with van der Waals surface area (Å²) in [6.45, 7) is 5.96. The first kappa shape index (κ1) is 10.9. The molecule has 0 spiro atoms. The summed E-state index contributed by atoms with van der Waals surface area (Å²) in [7, 11) is -0.967. The Labute approximate surface area is 80.6 Å². The van der Waals surface area contributed by atoms with E-state index in [9.17, 15) is 8.42 Å². The molecule has 0 aromatic carbocycles. The molecule has 0 amide bonds. The Kier molecular flexibility index (Phi) is 3.32. The predicted molar refractivity (Wildman–Crippen MR) is 53.1 cm³/mol. The minimum Gasteiger partial charge on any atom is -0.303 e. The Morgan fingerprint density at radius 2 is 2.00 bits per heavy atom. The molecule has 1 fully saturated rings. The maximum atomic E-state index is 11.6. The van der Waals surface area contributed by atoms with Crippen LogP contribution in [0.1, 0.15) is 13.8 Å². The first-order valence-electron chi connectivity index (χ1n) is 4.65. The highest BCUT2D eigenvalue weighted by atomic mass is 32.2. The van der Waals surface area contributed by atoms with E-state index in [1.165, 1.54) is 0 Å². The molecule has 0 aromatic heterocycles. The van der Waals surface area contributed by atoms with E-state index in [0.29, 0.717) is 6.54 Å². The van der Waals surface area contributed by atoms with Crippen LogP contribution >= 0.6 is 0 Å². The van der Waals surface area contributed by atoms with Crippen molar-refractivity contribution in [1.29, 1.82) is 0 Å². The molecule has 78 valence electrons. The second-order valence-electron chi connectivity index (χ2n) is 3.62. The molecular formula is C8H18N2O2S. The number of nitrogens with zero attached hydrogens (tertiary/aromatic N) is 2. The van der Waals surface area contributed by atoms with E-state index in [-0.39, 0.29) is 11.8 Å². The molecule has 1 unspecified atom stereocenters.